The Hall–Kier alpha value is -0.280. The molecule has 0 amide bonds. The number of hydrogen-bond donors (Lipinski definition) is 1. The van der Waals surface area contributed by atoms with Crippen LogP contribution in [0.2, 0.25) is 10.0 Å². The van der Waals surface area contributed by atoms with E-state index < -0.39 is 0 Å². The van der Waals surface area contributed by atoms with Gasteiger partial charge in [-0.05, 0) is 56.5 Å². The summed E-state index contributed by atoms with van der Waals surface area (Å²) in [4.78, 5) is 0. The second-order valence-corrected chi connectivity index (χ2v) is 6.45. The molecule has 0 aromatic heterocycles. The van der Waals surface area contributed by atoms with Gasteiger partial charge in [0.15, 0.2) is 0 Å². The van der Waals surface area contributed by atoms with Crippen molar-refractivity contribution in [2.45, 2.75) is 43.9 Å². The Labute approximate surface area is 124 Å². The third-order valence-corrected chi connectivity index (χ3v) is 5.09. The number of nitrogens with one attached hydrogen (secondary N) is 1. The maximum absolute atomic E-state index is 6.27. The van der Waals surface area contributed by atoms with Crippen molar-refractivity contribution in [2.75, 3.05) is 7.05 Å². The van der Waals surface area contributed by atoms with E-state index in [4.69, 9.17) is 27.9 Å². The average molecular weight is 300 g/mol. The zero-order valence-corrected chi connectivity index (χ0v) is 12.5. The molecule has 1 N–H and O–H groups in total. The number of hydrogen-bond acceptors (Lipinski definition) is 2. The Morgan fingerprint density at radius 2 is 2.21 bits per heavy atom. The van der Waals surface area contributed by atoms with Gasteiger partial charge in [0.2, 0.25) is 0 Å². The quantitative estimate of drug-likeness (QED) is 0.915. The lowest BCUT2D eigenvalue weighted by atomic mass is 9.81. The zero-order valence-electron chi connectivity index (χ0n) is 11.0. The van der Waals surface area contributed by atoms with Crippen LogP contribution < -0.4 is 5.32 Å². The zero-order chi connectivity index (χ0) is 13.4. The molecule has 19 heavy (non-hydrogen) atoms. The van der Waals surface area contributed by atoms with Gasteiger partial charge < -0.3 is 10.1 Å². The highest BCUT2D eigenvalue weighted by Gasteiger charge is 2.43. The van der Waals surface area contributed by atoms with Gasteiger partial charge in [-0.15, -0.1) is 0 Å². The molecular formula is C15H19Cl2NO. The minimum absolute atomic E-state index is 0.409. The number of halogens is 2. The first kappa shape index (κ1) is 13.7. The van der Waals surface area contributed by atoms with Crippen LogP contribution in [0.1, 0.15) is 24.8 Å². The fourth-order valence-corrected chi connectivity index (χ4v) is 3.89. The Balaban J connectivity index is 1.74. The van der Waals surface area contributed by atoms with E-state index in [0.29, 0.717) is 24.2 Å². The lowest BCUT2D eigenvalue weighted by Crippen LogP contribution is -2.40. The molecule has 1 aromatic carbocycles. The fraction of sp³-hybridized carbons (Fsp3) is 0.600. The predicted molar refractivity (Wildman–Crippen MR) is 79.0 cm³/mol. The van der Waals surface area contributed by atoms with Crippen molar-refractivity contribution in [2.24, 2.45) is 5.92 Å². The van der Waals surface area contributed by atoms with Crippen LogP contribution in [0.25, 0.3) is 0 Å². The molecule has 0 aliphatic carbocycles. The average Bonchev–Trinajstić information content (AvgIpc) is 3.02. The molecule has 1 aromatic rings. The van der Waals surface area contributed by atoms with E-state index in [2.05, 4.69) is 5.32 Å². The van der Waals surface area contributed by atoms with Crippen molar-refractivity contribution in [3.05, 3.63) is 33.8 Å². The van der Waals surface area contributed by atoms with Crippen LogP contribution >= 0.6 is 23.2 Å². The van der Waals surface area contributed by atoms with Gasteiger partial charge >= 0.3 is 0 Å². The molecule has 4 unspecified atom stereocenters. The van der Waals surface area contributed by atoms with E-state index in [-0.39, 0.29) is 0 Å². The Morgan fingerprint density at radius 3 is 2.84 bits per heavy atom. The minimum Gasteiger partial charge on any atom is -0.375 e. The summed E-state index contributed by atoms with van der Waals surface area (Å²) in [5.74, 6) is 0.596. The van der Waals surface area contributed by atoms with Gasteiger partial charge in [0, 0.05) is 22.0 Å². The first-order valence-electron chi connectivity index (χ1n) is 6.94. The monoisotopic (exact) mass is 299 g/mol. The summed E-state index contributed by atoms with van der Waals surface area (Å²) < 4.78 is 5.96. The van der Waals surface area contributed by atoms with E-state index in [0.717, 1.165) is 22.0 Å². The first-order chi connectivity index (χ1) is 9.17. The highest BCUT2D eigenvalue weighted by atomic mass is 35.5. The van der Waals surface area contributed by atoms with E-state index in [1.165, 1.54) is 19.3 Å². The summed E-state index contributed by atoms with van der Waals surface area (Å²) in [6, 6.07) is 6.10. The maximum atomic E-state index is 6.27. The third kappa shape index (κ3) is 2.78. The molecule has 3 rings (SSSR count). The van der Waals surface area contributed by atoms with Crippen LogP contribution in [0, 0.1) is 5.92 Å². The van der Waals surface area contributed by atoms with Crippen LogP contribution in [-0.2, 0) is 11.2 Å². The molecule has 2 aliphatic rings. The van der Waals surface area contributed by atoms with Gasteiger partial charge in [-0.25, -0.2) is 0 Å². The van der Waals surface area contributed by atoms with Crippen LogP contribution in [0.3, 0.4) is 0 Å². The van der Waals surface area contributed by atoms with Crippen molar-refractivity contribution in [3.63, 3.8) is 0 Å². The highest BCUT2D eigenvalue weighted by molar-refractivity contribution is 6.33. The summed E-state index contributed by atoms with van der Waals surface area (Å²) in [5, 5.41) is 4.99. The largest absolute Gasteiger partial charge is 0.375 e. The molecule has 2 saturated heterocycles. The molecule has 104 valence electrons. The number of fused-ring (bicyclic) bond motifs is 2. The highest BCUT2D eigenvalue weighted by Crippen LogP contribution is 2.41. The molecule has 4 heteroatoms. The van der Waals surface area contributed by atoms with E-state index in [1.807, 2.05) is 25.2 Å². The molecule has 2 fully saturated rings. The van der Waals surface area contributed by atoms with Crippen molar-refractivity contribution in [1.82, 2.24) is 5.32 Å². The van der Waals surface area contributed by atoms with Crippen molar-refractivity contribution >= 4 is 23.2 Å². The summed E-state index contributed by atoms with van der Waals surface area (Å²) in [6.45, 7) is 0. The summed E-state index contributed by atoms with van der Waals surface area (Å²) in [6.07, 6.45) is 5.44. The van der Waals surface area contributed by atoms with Crippen molar-refractivity contribution < 1.29 is 4.74 Å². The van der Waals surface area contributed by atoms with Crippen LogP contribution in [-0.4, -0.2) is 25.3 Å². The van der Waals surface area contributed by atoms with Gasteiger partial charge in [-0.1, -0.05) is 23.2 Å². The number of benzene rings is 1. The molecule has 2 nitrogen and oxygen atoms in total. The Kier molecular flexibility index (Phi) is 4.04. The molecule has 2 bridgehead atoms. The summed E-state index contributed by atoms with van der Waals surface area (Å²) >= 11 is 12.3. The number of ether oxygens (including phenoxy) is 1. The van der Waals surface area contributed by atoms with Crippen molar-refractivity contribution in [1.29, 1.82) is 0 Å². The van der Waals surface area contributed by atoms with Crippen LogP contribution in [0.15, 0.2) is 18.2 Å². The minimum atomic E-state index is 0.409. The van der Waals surface area contributed by atoms with E-state index >= 15 is 0 Å². The normalized spacial score (nSPS) is 30.8. The van der Waals surface area contributed by atoms with E-state index in [1.54, 1.807) is 0 Å². The Bertz CT molecular complexity index is 465. The summed E-state index contributed by atoms with van der Waals surface area (Å²) in [5.41, 5.74) is 1.12. The summed E-state index contributed by atoms with van der Waals surface area (Å²) in [7, 11) is 2.02. The molecule has 2 heterocycles. The molecule has 0 radical (unpaired) electrons. The third-order valence-electron chi connectivity index (χ3n) is 4.49. The van der Waals surface area contributed by atoms with Gasteiger partial charge in [-0.2, -0.15) is 0 Å². The molecular weight excluding hydrogens is 281 g/mol. The predicted octanol–water partition coefficient (Wildman–Crippen LogP) is 3.69. The molecule has 2 aliphatic heterocycles. The second-order valence-electron chi connectivity index (χ2n) is 5.61. The lowest BCUT2D eigenvalue weighted by molar-refractivity contribution is 0.0863. The van der Waals surface area contributed by atoms with Gasteiger partial charge in [0.05, 0.1) is 12.2 Å². The van der Waals surface area contributed by atoms with Gasteiger partial charge in [-0.3, -0.25) is 0 Å². The van der Waals surface area contributed by atoms with Crippen LogP contribution in [0.4, 0.5) is 0 Å². The second kappa shape index (κ2) is 5.61. The number of likely N-dealkylation sites (N-methyl/N-ethyl adjacent to an activating group) is 1. The maximum Gasteiger partial charge on any atom is 0.0623 e. The molecule has 4 atom stereocenters. The molecule has 0 saturated carbocycles. The number of rotatable bonds is 4. The van der Waals surface area contributed by atoms with Gasteiger partial charge in [0.1, 0.15) is 0 Å². The Morgan fingerprint density at radius 1 is 1.37 bits per heavy atom. The first-order valence-corrected chi connectivity index (χ1v) is 7.69. The van der Waals surface area contributed by atoms with Crippen molar-refractivity contribution in [3.8, 4) is 0 Å². The van der Waals surface area contributed by atoms with E-state index in [9.17, 15) is 0 Å². The standard InChI is InChI=1S/C15H19Cl2NO/c1-18-14(12-8-11-3-5-15(12)19-11)7-9-6-10(16)2-4-13(9)17/h2,4,6,11-12,14-15,18H,3,5,7-8H2,1H3. The molecule has 0 spiro atoms. The fourth-order valence-electron chi connectivity index (χ4n) is 3.50. The smallest absolute Gasteiger partial charge is 0.0623 e. The lowest BCUT2D eigenvalue weighted by Gasteiger charge is -2.28. The SMILES string of the molecule is CNC(Cc1cc(Cl)ccc1Cl)C1CC2CCC1O2. The van der Waals surface area contributed by atoms with Gasteiger partial charge in [0.25, 0.3) is 0 Å². The van der Waals surface area contributed by atoms with Crippen LogP contribution in [0.5, 0.6) is 0 Å². The topological polar surface area (TPSA) is 21.3 Å².